The lowest BCUT2D eigenvalue weighted by Gasteiger charge is -2.14. The number of anilines is 1. The van der Waals surface area contributed by atoms with E-state index in [1.165, 1.54) is 0 Å². The Labute approximate surface area is 130 Å². The van der Waals surface area contributed by atoms with Crippen molar-refractivity contribution in [2.24, 2.45) is 0 Å². The number of halogens is 3. The van der Waals surface area contributed by atoms with Gasteiger partial charge in [0.05, 0.1) is 16.7 Å². The molecule has 1 atom stereocenters. The monoisotopic (exact) mass is 359 g/mol. The fraction of sp³-hybridized carbons (Fsp3) is 0.357. The fourth-order valence-electron chi connectivity index (χ4n) is 2.04. The van der Waals surface area contributed by atoms with Crippen LogP contribution in [0.3, 0.4) is 0 Å². The lowest BCUT2D eigenvalue weighted by atomic mass is 10.1. The molecule has 114 valence electrons. The number of nitrogens with two attached hydrogens (primary N) is 1. The van der Waals surface area contributed by atoms with Crippen molar-refractivity contribution in [3.05, 3.63) is 40.5 Å². The van der Waals surface area contributed by atoms with E-state index in [1.54, 1.807) is 35.1 Å². The molecule has 0 saturated carbocycles. The molecule has 2 rings (SSSR count). The van der Waals surface area contributed by atoms with E-state index in [2.05, 4.69) is 25.8 Å². The summed E-state index contributed by atoms with van der Waals surface area (Å²) in [7, 11) is 0. The van der Waals surface area contributed by atoms with Crippen molar-refractivity contribution < 1.29 is 13.5 Å². The molecule has 0 aliphatic heterocycles. The zero-order chi connectivity index (χ0) is 15.4. The molecule has 0 aliphatic carbocycles. The van der Waals surface area contributed by atoms with Gasteiger partial charge >= 0.3 is 6.61 Å². The van der Waals surface area contributed by atoms with Gasteiger partial charge in [0, 0.05) is 0 Å². The number of hydrogen-bond acceptors (Lipinski definition) is 3. The van der Waals surface area contributed by atoms with Crippen LogP contribution < -0.4 is 10.5 Å². The van der Waals surface area contributed by atoms with Gasteiger partial charge in [-0.1, -0.05) is 12.1 Å². The van der Waals surface area contributed by atoms with Crippen LogP contribution in [0.5, 0.6) is 5.75 Å². The van der Waals surface area contributed by atoms with E-state index in [0.29, 0.717) is 5.82 Å². The van der Waals surface area contributed by atoms with Crippen molar-refractivity contribution in [3.63, 3.8) is 0 Å². The van der Waals surface area contributed by atoms with E-state index in [4.69, 9.17) is 5.73 Å². The maximum atomic E-state index is 12.1. The van der Waals surface area contributed by atoms with Crippen LogP contribution in [0, 0.1) is 0 Å². The smallest absolute Gasteiger partial charge is 0.387 e. The summed E-state index contributed by atoms with van der Waals surface area (Å²) in [6.07, 6.45) is 3.31. The third kappa shape index (κ3) is 4.17. The lowest BCUT2D eigenvalue weighted by molar-refractivity contribution is -0.0498. The van der Waals surface area contributed by atoms with Crippen molar-refractivity contribution in [1.29, 1.82) is 0 Å². The standard InChI is InChI=1S/C14H16BrF2N3O/c1-9(20-13(18)12(15)8-19-20)2-3-10-4-6-11(7-5-10)21-14(16)17/h4-9,14H,2-3,18H2,1H3. The van der Waals surface area contributed by atoms with Gasteiger partial charge in [0.15, 0.2) is 0 Å². The van der Waals surface area contributed by atoms with Gasteiger partial charge in [0.2, 0.25) is 0 Å². The van der Waals surface area contributed by atoms with Crippen LogP contribution in [-0.4, -0.2) is 16.4 Å². The average Bonchev–Trinajstić information content (AvgIpc) is 2.77. The molecule has 0 saturated heterocycles. The number of alkyl halides is 2. The number of aryl methyl sites for hydroxylation is 1. The largest absolute Gasteiger partial charge is 0.435 e. The molecule has 0 aliphatic rings. The van der Waals surface area contributed by atoms with Crippen LogP contribution in [0.2, 0.25) is 0 Å². The maximum absolute atomic E-state index is 12.1. The summed E-state index contributed by atoms with van der Waals surface area (Å²) in [6, 6.07) is 6.81. The van der Waals surface area contributed by atoms with E-state index in [0.717, 1.165) is 22.9 Å². The summed E-state index contributed by atoms with van der Waals surface area (Å²) in [5.74, 6) is 0.769. The van der Waals surface area contributed by atoms with E-state index < -0.39 is 6.61 Å². The topological polar surface area (TPSA) is 53.1 Å². The predicted octanol–water partition coefficient (Wildman–Crippen LogP) is 4.02. The first kappa shape index (κ1) is 15.8. The summed E-state index contributed by atoms with van der Waals surface area (Å²) in [6.45, 7) is -0.763. The van der Waals surface area contributed by atoms with Crippen molar-refractivity contribution >= 4 is 21.7 Å². The minimum atomic E-state index is -2.79. The van der Waals surface area contributed by atoms with Crippen molar-refractivity contribution in [2.75, 3.05) is 5.73 Å². The van der Waals surface area contributed by atoms with Gasteiger partial charge in [0.25, 0.3) is 0 Å². The Hall–Kier alpha value is -1.63. The molecule has 7 heteroatoms. The maximum Gasteiger partial charge on any atom is 0.387 e. The Kier molecular flexibility index (Phi) is 5.17. The minimum Gasteiger partial charge on any atom is -0.435 e. The minimum absolute atomic E-state index is 0.147. The summed E-state index contributed by atoms with van der Waals surface area (Å²) in [4.78, 5) is 0. The molecule has 1 aromatic carbocycles. The molecule has 1 unspecified atom stereocenters. The second-order valence-electron chi connectivity index (χ2n) is 4.73. The normalized spacial score (nSPS) is 12.6. The Balaban J connectivity index is 1.92. The second-order valence-corrected chi connectivity index (χ2v) is 5.59. The SMILES string of the molecule is CC(CCc1ccc(OC(F)F)cc1)n1ncc(Br)c1N. The van der Waals surface area contributed by atoms with Crippen LogP contribution in [0.15, 0.2) is 34.9 Å². The Morgan fingerprint density at radius 1 is 1.33 bits per heavy atom. The second kappa shape index (κ2) is 6.89. The molecular formula is C14H16BrF2N3O. The van der Waals surface area contributed by atoms with Gasteiger partial charge in [0.1, 0.15) is 11.6 Å². The van der Waals surface area contributed by atoms with Gasteiger partial charge in [-0.25, -0.2) is 4.68 Å². The third-order valence-electron chi connectivity index (χ3n) is 3.20. The van der Waals surface area contributed by atoms with Crippen molar-refractivity contribution in [2.45, 2.75) is 32.4 Å². The number of aromatic nitrogens is 2. The van der Waals surface area contributed by atoms with Crippen LogP contribution in [0.4, 0.5) is 14.6 Å². The quantitative estimate of drug-likeness (QED) is 0.847. The van der Waals surface area contributed by atoms with Gasteiger partial charge in [-0.2, -0.15) is 13.9 Å². The molecule has 0 fully saturated rings. The molecule has 1 aromatic heterocycles. The van der Waals surface area contributed by atoms with E-state index in [1.807, 2.05) is 6.92 Å². The molecule has 0 amide bonds. The zero-order valence-electron chi connectivity index (χ0n) is 11.5. The number of nitrogen functional groups attached to an aromatic ring is 1. The Morgan fingerprint density at radius 2 is 2.00 bits per heavy atom. The van der Waals surface area contributed by atoms with Crippen LogP contribution in [0.1, 0.15) is 24.9 Å². The van der Waals surface area contributed by atoms with Crippen molar-refractivity contribution in [1.82, 2.24) is 9.78 Å². The van der Waals surface area contributed by atoms with Crippen molar-refractivity contribution in [3.8, 4) is 5.75 Å². The molecule has 4 nitrogen and oxygen atoms in total. The first-order valence-electron chi connectivity index (χ1n) is 6.49. The molecule has 0 radical (unpaired) electrons. The fourth-order valence-corrected chi connectivity index (χ4v) is 2.31. The molecule has 2 N–H and O–H groups in total. The third-order valence-corrected chi connectivity index (χ3v) is 3.81. The van der Waals surface area contributed by atoms with E-state index >= 15 is 0 Å². The summed E-state index contributed by atoms with van der Waals surface area (Å²) >= 11 is 3.32. The summed E-state index contributed by atoms with van der Waals surface area (Å²) in [5, 5.41) is 4.22. The van der Waals surface area contributed by atoms with E-state index in [9.17, 15) is 8.78 Å². The number of benzene rings is 1. The number of ether oxygens (including phenoxy) is 1. The summed E-state index contributed by atoms with van der Waals surface area (Å²) in [5.41, 5.74) is 6.95. The van der Waals surface area contributed by atoms with Gasteiger partial charge in [-0.15, -0.1) is 0 Å². The average molecular weight is 360 g/mol. The molecule has 1 heterocycles. The molecule has 2 aromatic rings. The van der Waals surface area contributed by atoms with Crippen LogP contribution in [0.25, 0.3) is 0 Å². The molecule has 0 bridgehead atoms. The first-order valence-corrected chi connectivity index (χ1v) is 7.29. The molecule has 0 spiro atoms. The van der Waals surface area contributed by atoms with Crippen LogP contribution >= 0.6 is 15.9 Å². The highest BCUT2D eigenvalue weighted by Crippen LogP contribution is 2.24. The highest BCUT2D eigenvalue weighted by Gasteiger charge is 2.12. The highest BCUT2D eigenvalue weighted by molar-refractivity contribution is 9.10. The number of hydrogen-bond donors (Lipinski definition) is 1. The highest BCUT2D eigenvalue weighted by atomic mass is 79.9. The van der Waals surface area contributed by atoms with Gasteiger partial charge in [-0.05, 0) is 53.4 Å². The number of nitrogens with zero attached hydrogens (tertiary/aromatic N) is 2. The van der Waals surface area contributed by atoms with E-state index in [-0.39, 0.29) is 11.8 Å². The Bertz CT molecular complexity index is 586. The summed E-state index contributed by atoms with van der Waals surface area (Å²) < 4.78 is 31.0. The predicted molar refractivity (Wildman–Crippen MR) is 80.4 cm³/mol. The van der Waals surface area contributed by atoms with Crippen LogP contribution in [-0.2, 0) is 6.42 Å². The lowest BCUT2D eigenvalue weighted by Crippen LogP contribution is -2.11. The van der Waals surface area contributed by atoms with Gasteiger partial charge < -0.3 is 10.5 Å². The number of rotatable bonds is 6. The van der Waals surface area contributed by atoms with Gasteiger partial charge in [-0.3, -0.25) is 0 Å². The molecule has 21 heavy (non-hydrogen) atoms. The Morgan fingerprint density at radius 3 is 2.52 bits per heavy atom. The zero-order valence-corrected chi connectivity index (χ0v) is 13.1. The first-order chi connectivity index (χ1) is 9.97. The molecular weight excluding hydrogens is 344 g/mol.